The fraction of sp³-hybridized carbons (Fsp3) is 0.542. The van der Waals surface area contributed by atoms with Crippen LogP contribution < -0.4 is 9.64 Å². The lowest BCUT2D eigenvalue weighted by molar-refractivity contribution is 0.224. The molecule has 0 atom stereocenters. The van der Waals surface area contributed by atoms with E-state index in [4.69, 9.17) is 9.84 Å². The number of nitrogens with zero attached hydrogens (tertiary/aromatic N) is 6. The van der Waals surface area contributed by atoms with Crippen LogP contribution in [0.4, 0.5) is 5.82 Å². The SMILES string of the molecule is COc1nc(N2CCC2)cc(-n2ncc3cc(C)c(C4CCN(CCSC)CC4)cc32)n1. The Morgan fingerprint density at radius 1 is 1.06 bits per heavy atom. The number of piperidine rings is 1. The highest BCUT2D eigenvalue weighted by atomic mass is 32.2. The standard InChI is InChI=1S/C24H32N6OS/c1-17-13-19-16-25-30(23-15-22(29-7-4-8-29)26-24(27-23)31-2)21(19)14-20(17)18-5-9-28(10-6-18)11-12-32-3/h13-16,18H,4-12H2,1-3H3. The molecule has 0 aliphatic carbocycles. The minimum atomic E-state index is 0.387. The van der Waals surface area contributed by atoms with Crippen molar-refractivity contribution in [2.24, 2.45) is 0 Å². The van der Waals surface area contributed by atoms with Gasteiger partial charge in [-0.2, -0.15) is 26.8 Å². The zero-order chi connectivity index (χ0) is 22.1. The molecule has 2 saturated heterocycles. The van der Waals surface area contributed by atoms with Gasteiger partial charge in [0.25, 0.3) is 0 Å². The number of rotatable bonds is 7. The zero-order valence-electron chi connectivity index (χ0n) is 19.3. The van der Waals surface area contributed by atoms with Crippen LogP contribution in [-0.4, -0.2) is 76.5 Å². The number of methoxy groups -OCH3 is 1. The largest absolute Gasteiger partial charge is 0.467 e. The van der Waals surface area contributed by atoms with Crippen LogP contribution in [0.2, 0.25) is 0 Å². The summed E-state index contributed by atoms with van der Waals surface area (Å²) in [6.07, 6.45) is 7.76. The number of aryl methyl sites for hydroxylation is 1. The fourth-order valence-corrected chi connectivity index (χ4v) is 5.26. The number of thioether (sulfide) groups is 1. The van der Waals surface area contributed by atoms with Crippen LogP contribution in [-0.2, 0) is 0 Å². The number of aromatic nitrogens is 4. The maximum absolute atomic E-state index is 5.40. The summed E-state index contributed by atoms with van der Waals surface area (Å²) in [7, 11) is 1.62. The number of hydrogen-bond acceptors (Lipinski definition) is 7. The predicted octanol–water partition coefficient (Wildman–Crippen LogP) is 3.89. The molecule has 2 aliphatic rings. The average molecular weight is 453 g/mol. The molecule has 170 valence electrons. The summed E-state index contributed by atoms with van der Waals surface area (Å²) in [5.74, 6) is 3.49. The molecule has 4 heterocycles. The first-order valence-corrected chi connectivity index (χ1v) is 12.9. The van der Waals surface area contributed by atoms with Crippen molar-refractivity contribution >= 4 is 28.5 Å². The molecule has 0 bridgehead atoms. The summed E-state index contributed by atoms with van der Waals surface area (Å²) in [6, 6.07) is 7.04. The van der Waals surface area contributed by atoms with Gasteiger partial charge in [-0.25, -0.2) is 4.68 Å². The molecule has 0 saturated carbocycles. The molecule has 0 N–H and O–H groups in total. The Kier molecular flexibility index (Phi) is 6.24. The van der Waals surface area contributed by atoms with Gasteiger partial charge in [0, 0.05) is 36.8 Å². The summed E-state index contributed by atoms with van der Waals surface area (Å²) in [4.78, 5) is 14.0. The third-order valence-corrected chi connectivity index (χ3v) is 7.44. The highest BCUT2D eigenvalue weighted by Crippen LogP contribution is 2.34. The molecule has 2 aliphatic heterocycles. The molecule has 0 unspecified atom stereocenters. The zero-order valence-corrected chi connectivity index (χ0v) is 20.1. The van der Waals surface area contributed by atoms with Crippen molar-refractivity contribution in [3.05, 3.63) is 35.5 Å². The summed E-state index contributed by atoms with van der Waals surface area (Å²) >= 11 is 1.93. The van der Waals surface area contributed by atoms with Crippen LogP contribution >= 0.6 is 11.8 Å². The first-order chi connectivity index (χ1) is 15.7. The first-order valence-electron chi connectivity index (χ1n) is 11.5. The lowest BCUT2D eigenvalue weighted by Gasteiger charge is -2.32. The smallest absolute Gasteiger partial charge is 0.320 e. The fourth-order valence-electron chi connectivity index (χ4n) is 4.82. The monoisotopic (exact) mass is 452 g/mol. The maximum atomic E-state index is 5.40. The van der Waals surface area contributed by atoms with Gasteiger partial charge in [0.05, 0.1) is 18.8 Å². The van der Waals surface area contributed by atoms with Crippen molar-refractivity contribution < 1.29 is 4.74 Å². The molecule has 0 spiro atoms. The highest BCUT2D eigenvalue weighted by molar-refractivity contribution is 7.98. The number of ether oxygens (including phenoxy) is 1. The second kappa shape index (κ2) is 9.27. The molecule has 8 heteroatoms. The van der Waals surface area contributed by atoms with Crippen LogP contribution in [0.3, 0.4) is 0 Å². The molecule has 0 amide bonds. The van der Waals surface area contributed by atoms with Crippen molar-refractivity contribution in [3.8, 4) is 11.8 Å². The summed E-state index contributed by atoms with van der Waals surface area (Å²) in [5, 5.41) is 5.85. The van der Waals surface area contributed by atoms with E-state index in [1.54, 1.807) is 7.11 Å². The molecule has 2 aromatic heterocycles. The molecule has 5 rings (SSSR count). The van der Waals surface area contributed by atoms with E-state index in [1.165, 1.54) is 55.8 Å². The molecular weight excluding hydrogens is 420 g/mol. The number of fused-ring (bicyclic) bond motifs is 1. The van der Waals surface area contributed by atoms with Gasteiger partial charge in [0.1, 0.15) is 5.82 Å². The van der Waals surface area contributed by atoms with Crippen LogP contribution in [0.15, 0.2) is 24.4 Å². The molecule has 32 heavy (non-hydrogen) atoms. The summed E-state index contributed by atoms with van der Waals surface area (Å²) < 4.78 is 7.35. The Morgan fingerprint density at radius 2 is 1.84 bits per heavy atom. The van der Waals surface area contributed by atoms with E-state index >= 15 is 0 Å². The van der Waals surface area contributed by atoms with Gasteiger partial charge in [0.2, 0.25) is 0 Å². The molecule has 7 nitrogen and oxygen atoms in total. The van der Waals surface area contributed by atoms with E-state index < -0.39 is 0 Å². The second-order valence-corrected chi connectivity index (χ2v) is 9.83. The predicted molar refractivity (Wildman–Crippen MR) is 132 cm³/mol. The van der Waals surface area contributed by atoms with E-state index in [0.717, 1.165) is 35.6 Å². The van der Waals surface area contributed by atoms with Crippen molar-refractivity contribution in [1.29, 1.82) is 0 Å². The Labute approximate surface area is 194 Å². The van der Waals surface area contributed by atoms with Gasteiger partial charge in [-0.3, -0.25) is 0 Å². The molecule has 1 aromatic carbocycles. The van der Waals surface area contributed by atoms with Crippen LogP contribution in [0, 0.1) is 6.92 Å². The minimum Gasteiger partial charge on any atom is -0.467 e. The van der Waals surface area contributed by atoms with Gasteiger partial charge in [-0.1, -0.05) is 0 Å². The Bertz CT molecular complexity index is 1090. The maximum Gasteiger partial charge on any atom is 0.320 e. The normalized spacial score (nSPS) is 17.7. The third-order valence-electron chi connectivity index (χ3n) is 6.85. The Morgan fingerprint density at radius 3 is 2.53 bits per heavy atom. The number of anilines is 1. The van der Waals surface area contributed by atoms with Crippen molar-refractivity contribution in [3.63, 3.8) is 0 Å². The number of likely N-dealkylation sites (tertiary alicyclic amines) is 1. The van der Waals surface area contributed by atoms with E-state index in [2.05, 4.69) is 45.1 Å². The average Bonchev–Trinajstić information content (AvgIpc) is 3.18. The molecular formula is C24H32N6OS. The Balaban J connectivity index is 1.46. The van der Waals surface area contributed by atoms with Crippen molar-refractivity contribution in [2.75, 3.05) is 56.7 Å². The summed E-state index contributed by atoms with van der Waals surface area (Å²) in [6.45, 7) is 7.86. The Hall–Kier alpha value is -2.32. The van der Waals surface area contributed by atoms with Crippen molar-refractivity contribution in [2.45, 2.75) is 32.1 Å². The van der Waals surface area contributed by atoms with Crippen LogP contribution in [0.1, 0.15) is 36.3 Å². The first kappa shape index (κ1) is 21.5. The van der Waals surface area contributed by atoms with Gasteiger partial charge in [0.15, 0.2) is 5.82 Å². The van der Waals surface area contributed by atoms with Crippen LogP contribution in [0.25, 0.3) is 16.7 Å². The van der Waals surface area contributed by atoms with E-state index in [1.807, 2.05) is 28.7 Å². The van der Waals surface area contributed by atoms with Crippen LogP contribution in [0.5, 0.6) is 6.01 Å². The second-order valence-electron chi connectivity index (χ2n) is 8.84. The van der Waals surface area contributed by atoms with E-state index in [9.17, 15) is 0 Å². The number of benzene rings is 1. The van der Waals surface area contributed by atoms with E-state index in [0.29, 0.717) is 11.9 Å². The molecule has 2 fully saturated rings. The molecule has 0 radical (unpaired) electrons. The van der Waals surface area contributed by atoms with E-state index in [-0.39, 0.29) is 0 Å². The molecule has 3 aromatic rings. The minimum absolute atomic E-state index is 0.387. The van der Waals surface area contributed by atoms with Crippen molar-refractivity contribution in [1.82, 2.24) is 24.6 Å². The quantitative estimate of drug-likeness (QED) is 0.539. The topological polar surface area (TPSA) is 59.3 Å². The lowest BCUT2D eigenvalue weighted by atomic mass is 9.86. The van der Waals surface area contributed by atoms with Gasteiger partial charge in [-0.15, -0.1) is 0 Å². The van der Waals surface area contributed by atoms with Gasteiger partial charge >= 0.3 is 6.01 Å². The third kappa shape index (κ3) is 4.18. The lowest BCUT2D eigenvalue weighted by Crippen LogP contribution is -2.37. The highest BCUT2D eigenvalue weighted by Gasteiger charge is 2.23. The number of hydrogen-bond donors (Lipinski definition) is 0. The summed E-state index contributed by atoms with van der Waals surface area (Å²) in [5.41, 5.74) is 3.92. The van der Waals surface area contributed by atoms with Gasteiger partial charge in [-0.05, 0) is 74.7 Å². The van der Waals surface area contributed by atoms with Gasteiger partial charge < -0.3 is 14.5 Å².